The molecule has 0 radical (unpaired) electrons. The van der Waals surface area contributed by atoms with Crippen LogP contribution in [0.1, 0.15) is 11.1 Å². The lowest BCUT2D eigenvalue weighted by Gasteiger charge is -2.06. The number of para-hydroxylation sites is 2. The van der Waals surface area contributed by atoms with E-state index in [-0.39, 0.29) is 12.4 Å². The maximum Gasteiger partial charge on any atom is 0.277 e. The molecule has 0 bridgehead atoms. The Hall–Kier alpha value is -2.53. The Morgan fingerprint density at radius 2 is 2.09 bits per heavy atom. The normalized spacial score (nSPS) is 10.6. The van der Waals surface area contributed by atoms with E-state index < -0.39 is 5.91 Å². The van der Waals surface area contributed by atoms with E-state index in [0.29, 0.717) is 16.3 Å². The molecule has 0 aromatic heterocycles. The summed E-state index contributed by atoms with van der Waals surface area (Å²) in [7, 11) is 0. The Labute approximate surface area is 133 Å². The number of hydrazone groups is 1. The number of carbonyl (C=O) groups is 1. The Bertz CT molecular complexity index is 702. The van der Waals surface area contributed by atoms with E-state index in [1.54, 1.807) is 49.4 Å². The van der Waals surface area contributed by atoms with Gasteiger partial charge in [0, 0.05) is 5.56 Å². The van der Waals surface area contributed by atoms with Gasteiger partial charge in [-0.25, -0.2) is 5.43 Å². The van der Waals surface area contributed by atoms with Gasteiger partial charge in [0.05, 0.1) is 11.2 Å². The molecule has 2 rings (SSSR count). The number of nitrogens with one attached hydrogen (secondary N) is 1. The molecule has 1 amide bonds. The van der Waals surface area contributed by atoms with Gasteiger partial charge >= 0.3 is 0 Å². The van der Waals surface area contributed by atoms with Gasteiger partial charge in [0.2, 0.25) is 0 Å². The lowest BCUT2D eigenvalue weighted by Crippen LogP contribution is -2.24. The molecule has 6 heteroatoms. The Kier molecular flexibility index (Phi) is 5.38. The second kappa shape index (κ2) is 7.47. The summed E-state index contributed by atoms with van der Waals surface area (Å²) in [5, 5.41) is 14.0. The van der Waals surface area contributed by atoms with Crippen LogP contribution < -0.4 is 10.2 Å². The minimum Gasteiger partial charge on any atom is -0.507 e. The van der Waals surface area contributed by atoms with E-state index in [9.17, 15) is 9.90 Å². The maximum absolute atomic E-state index is 11.6. The second-order valence-electron chi connectivity index (χ2n) is 4.53. The number of phenolic OH excluding ortho intramolecular Hbond substituents is 1. The molecule has 0 atom stereocenters. The molecule has 2 N–H and O–H groups in total. The van der Waals surface area contributed by atoms with E-state index in [0.717, 1.165) is 5.56 Å². The van der Waals surface area contributed by atoms with Crippen LogP contribution in [0.25, 0.3) is 0 Å². The number of aryl methyl sites for hydroxylation is 1. The van der Waals surface area contributed by atoms with Crippen molar-refractivity contribution in [1.82, 2.24) is 5.43 Å². The molecule has 0 saturated heterocycles. The lowest BCUT2D eigenvalue weighted by molar-refractivity contribution is -0.123. The number of benzene rings is 2. The number of hydrogen-bond acceptors (Lipinski definition) is 4. The number of phenols is 1. The summed E-state index contributed by atoms with van der Waals surface area (Å²) in [6.07, 6.45) is 1.37. The molecule has 0 aliphatic carbocycles. The predicted molar refractivity (Wildman–Crippen MR) is 85.5 cm³/mol. The van der Waals surface area contributed by atoms with Crippen LogP contribution in [0.5, 0.6) is 11.5 Å². The zero-order valence-electron chi connectivity index (χ0n) is 11.9. The van der Waals surface area contributed by atoms with Crippen LogP contribution >= 0.6 is 11.6 Å². The molecule has 2 aromatic rings. The highest BCUT2D eigenvalue weighted by atomic mass is 35.5. The largest absolute Gasteiger partial charge is 0.507 e. The monoisotopic (exact) mass is 318 g/mol. The van der Waals surface area contributed by atoms with Crippen molar-refractivity contribution in [2.45, 2.75) is 6.92 Å². The molecular formula is C16H15ClN2O3. The molecule has 22 heavy (non-hydrogen) atoms. The number of nitrogens with zero attached hydrogens (tertiary/aromatic N) is 1. The van der Waals surface area contributed by atoms with E-state index in [4.69, 9.17) is 16.3 Å². The van der Waals surface area contributed by atoms with Gasteiger partial charge in [0.15, 0.2) is 6.61 Å². The molecule has 0 spiro atoms. The molecule has 0 fully saturated rings. The smallest absolute Gasteiger partial charge is 0.277 e. The van der Waals surface area contributed by atoms with Gasteiger partial charge in [-0.2, -0.15) is 5.10 Å². The number of carbonyl (C=O) groups excluding carboxylic acids is 1. The summed E-state index contributed by atoms with van der Waals surface area (Å²) in [6.45, 7) is 1.57. The first kappa shape index (κ1) is 15.9. The van der Waals surface area contributed by atoms with Crippen molar-refractivity contribution in [3.8, 4) is 11.5 Å². The summed E-state index contributed by atoms with van der Waals surface area (Å²) < 4.78 is 5.28. The number of rotatable bonds is 5. The van der Waals surface area contributed by atoms with Crippen molar-refractivity contribution < 1.29 is 14.6 Å². The average molecular weight is 319 g/mol. The van der Waals surface area contributed by atoms with Gasteiger partial charge in [-0.1, -0.05) is 35.9 Å². The van der Waals surface area contributed by atoms with Gasteiger partial charge in [0.25, 0.3) is 5.91 Å². The molecule has 114 valence electrons. The zero-order chi connectivity index (χ0) is 15.9. The quantitative estimate of drug-likeness (QED) is 0.658. The Balaban J connectivity index is 1.86. The minimum atomic E-state index is -0.427. The van der Waals surface area contributed by atoms with Crippen LogP contribution in [0.15, 0.2) is 47.6 Å². The molecule has 0 saturated carbocycles. The third-order valence-electron chi connectivity index (χ3n) is 2.86. The van der Waals surface area contributed by atoms with Crippen molar-refractivity contribution in [3.63, 3.8) is 0 Å². The van der Waals surface area contributed by atoms with Crippen molar-refractivity contribution in [2.75, 3.05) is 6.61 Å². The van der Waals surface area contributed by atoms with E-state index >= 15 is 0 Å². The van der Waals surface area contributed by atoms with Gasteiger partial charge < -0.3 is 9.84 Å². The predicted octanol–water partition coefficient (Wildman–Crippen LogP) is 2.88. The summed E-state index contributed by atoms with van der Waals surface area (Å²) in [5.74, 6) is 0.135. The van der Waals surface area contributed by atoms with E-state index in [1.165, 1.54) is 6.21 Å². The molecular weight excluding hydrogens is 304 g/mol. The Morgan fingerprint density at radius 1 is 1.32 bits per heavy atom. The number of aromatic hydroxyl groups is 1. The van der Waals surface area contributed by atoms with Crippen molar-refractivity contribution in [3.05, 3.63) is 58.6 Å². The van der Waals surface area contributed by atoms with Crippen LogP contribution in [0.4, 0.5) is 0 Å². The number of amides is 1. The molecule has 0 aliphatic heterocycles. The third-order valence-corrected chi connectivity index (χ3v) is 3.17. The highest BCUT2D eigenvalue weighted by molar-refractivity contribution is 6.32. The van der Waals surface area contributed by atoms with Crippen molar-refractivity contribution in [2.24, 2.45) is 5.10 Å². The lowest BCUT2D eigenvalue weighted by atomic mass is 10.1. The zero-order valence-corrected chi connectivity index (χ0v) is 12.7. The number of ether oxygens (including phenoxy) is 1. The Morgan fingerprint density at radius 3 is 2.86 bits per heavy atom. The van der Waals surface area contributed by atoms with Crippen LogP contribution in [0, 0.1) is 6.92 Å². The summed E-state index contributed by atoms with van der Waals surface area (Å²) in [5.41, 5.74) is 3.57. The minimum absolute atomic E-state index is 0.132. The second-order valence-corrected chi connectivity index (χ2v) is 4.93. The first-order valence-corrected chi connectivity index (χ1v) is 6.93. The van der Waals surface area contributed by atoms with Crippen LogP contribution in [-0.2, 0) is 4.79 Å². The molecule has 5 nitrogen and oxygen atoms in total. The number of halogens is 1. The standard InChI is InChI=1S/C16H15ClN2O3/c1-11-5-4-6-12(16(11)21)9-18-19-15(20)10-22-14-8-3-2-7-13(14)17/h2-9,21H,10H2,1H3,(H,19,20). The first-order valence-electron chi connectivity index (χ1n) is 6.55. The van der Waals surface area contributed by atoms with Crippen LogP contribution in [0.2, 0.25) is 5.02 Å². The third kappa shape index (κ3) is 4.23. The van der Waals surface area contributed by atoms with Gasteiger partial charge in [0.1, 0.15) is 11.5 Å². The van der Waals surface area contributed by atoms with Crippen molar-refractivity contribution >= 4 is 23.7 Å². The molecule has 0 aliphatic rings. The average Bonchev–Trinajstić information content (AvgIpc) is 2.51. The highest BCUT2D eigenvalue weighted by Gasteiger charge is 2.05. The van der Waals surface area contributed by atoms with Gasteiger partial charge in [-0.15, -0.1) is 0 Å². The van der Waals surface area contributed by atoms with E-state index in [1.807, 2.05) is 0 Å². The van der Waals surface area contributed by atoms with Crippen molar-refractivity contribution in [1.29, 1.82) is 0 Å². The molecule has 2 aromatic carbocycles. The fourth-order valence-electron chi connectivity index (χ4n) is 1.70. The number of hydrogen-bond donors (Lipinski definition) is 2. The first-order chi connectivity index (χ1) is 10.6. The maximum atomic E-state index is 11.6. The van der Waals surface area contributed by atoms with Gasteiger partial charge in [-0.3, -0.25) is 4.79 Å². The summed E-state index contributed by atoms with van der Waals surface area (Å²) in [6, 6.07) is 12.1. The summed E-state index contributed by atoms with van der Waals surface area (Å²) in [4.78, 5) is 11.6. The summed E-state index contributed by atoms with van der Waals surface area (Å²) >= 11 is 5.91. The fourth-order valence-corrected chi connectivity index (χ4v) is 1.89. The SMILES string of the molecule is Cc1cccc(C=NNC(=O)COc2ccccc2Cl)c1O. The topological polar surface area (TPSA) is 70.9 Å². The van der Waals surface area contributed by atoms with Gasteiger partial charge in [-0.05, 0) is 30.7 Å². The van der Waals surface area contributed by atoms with E-state index in [2.05, 4.69) is 10.5 Å². The molecule has 0 heterocycles. The molecule has 0 unspecified atom stereocenters. The highest BCUT2D eigenvalue weighted by Crippen LogP contribution is 2.22. The fraction of sp³-hybridized carbons (Fsp3) is 0.125. The van der Waals surface area contributed by atoms with Crippen LogP contribution in [-0.4, -0.2) is 23.8 Å². The van der Waals surface area contributed by atoms with Crippen LogP contribution in [0.3, 0.4) is 0 Å².